The van der Waals surface area contributed by atoms with Gasteiger partial charge in [0.15, 0.2) is 17.4 Å². The summed E-state index contributed by atoms with van der Waals surface area (Å²) in [5.74, 6) is -3.51. The van der Waals surface area contributed by atoms with Crippen molar-refractivity contribution < 1.29 is 47.5 Å². The molecule has 10 heteroatoms. The first-order valence-corrected chi connectivity index (χ1v) is 10.9. The molecule has 0 aromatic carbocycles. The highest BCUT2D eigenvalue weighted by Gasteiger charge is 2.55. The molecule has 0 N–H and O–H groups in total. The molecular weight excluding hydrogens is 412 g/mol. The number of hydrogen-bond donors (Lipinski definition) is 0. The molecule has 0 radical (unpaired) electrons. The lowest BCUT2D eigenvalue weighted by atomic mass is 10.0. The van der Waals surface area contributed by atoms with Crippen LogP contribution in [0.5, 0.6) is 0 Å². The lowest BCUT2D eigenvalue weighted by Crippen LogP contribution is -2.45. The third kappa shape index (κ3) is 5.37. The Morgan fingerprint density at radius 1 is 0.677 bits per heavy atom. The Labute approximate surface area is 181 Å². The van der Waals surface area contributed by atoms with Crippen molar-refractivity contribution in [1.82, 2.24) is 0 Å². The number of cyclic esters (lactones) is 2. The van der Waals surface area contributed by atoms with Crippen LogP contribution >= 0.6 is 0 Å². The topological polar surface area (TPSA) is 108 Å². The highest BCUT2D eigenvalue weighted by atomic mass is 16.8. The van der Waals surface area contributed by atoms with E-state index in [0.717, 1.165) is 0 Å². The van der Waals surface area contributed by atoms with Gasteiger partial charge in [-0.2, -0.15) is 0 Å². The maximum Gasteiger partial charge on any atom is 0.306 e. The van der Waals surface area contributed by atoms with Crippen molar-refractivity contribution in [3.8, 4) is 0 Å². The van der Waals surface area contributed by atoms with Crippen molar-refractivity contribution in [1.29, 1.82) is 0 Å². The first-order chi connectivity index (χ1) is 14.6. The molecule has 4 heterocycles. The summed E-state index contributed by atoms with van der Waals surface area (Å²) in [5, 5.41) is 0. The van der Waals surface area contributed by atoms with Gasteiger partial charge in [0.05, 0.1) is 26.1 Å². The standard InChI is InChI=1S/C21H32O10/c1-19(2)30-17-13-11-26-20(3,28-13)7-5-15(22)24-9-10-25-16(23)6-8-21(4)27-12-14(29-21)18(17)31-19/h13-14,17-18H,5-12H2,1-4H3. The summed E-state index contributed by atoms with van der Waals surface area (Å²) in [6, 6.07) is 0. The number of fused-ring (bicyclic) bond motifs is 7. The van der Waals surface area contributed by atoms with Crippen molar-refractivity contribution in [2.45, 2.75) is 95.2 Å². The Kier molecular flexibility index (Phi) is 6.32. The molecule has 4 fully saturated rings. The zero-order valence-electron chi connectivity index (χ0n) is 18.5. The Bertz CT molecular complexity index is 640. The van der Waals surface area contributed by atoms with Gasteiger partial charge in [0, 0.05) is 12.8 Å². The van der Waals surface area contributed by atoms with Crippen LogP contribution in [0.2, 0.25) is 0 Å². The van der Waals surface area contributed by atoms with Crippen molar-refractivity contribution >= 4 is 11.9 Å². The van der Waals surface area contributed by atoms with E-state index in [0.29, 0.717) is 26.1 Å². The zero-order valence-corrected chi connectivity index (χ0v) is 18.5. The Morgan fingerprint density at radius 2 is 1.10 bits per heavy atom. The second-order valence-electron chi connectivity index (χ2n) is 9.21. The quantitative estimate of drug-likeness (QED) is 0.509. The van der Waals surface area contributed by atoms with E-state index in [4.69, 9.17) is 37.9 Å². The van der Waals surface area contributed by atoms with E-state index in [1.807, 2.05) is 13.8 Å². The molecule has 4 aliphatic heterocycles. The number of esters is 2. The van der Waals surface area contributed by atoms with Gasteiger partial charge in [-0.1, -0.05) is 0 Å². The first-order valence-electron chi connectivity index (χ1n) is 10.9. The van der Waals surface area contributed by atoms with Crippen molar-refractivity contribution in [2.24, 2.45) is 0 Å². The van der Waals surface area contributed by atoms with E-state index in [-0.39, 0.29) is 26.1 Å². The predicted molar refractivity (Wildman–Crippen MR) is 103 cm³/mol. The van der Waals surface area contributed by atoms with E-state index in [1.165, 1.54) is 0 Å². The third-order valence-corrected chi connectivity index (χ3v) is 5.98. The molecule has 4 saturated heterocycles. The van der Waals surface area contributed by atoms with Gasteiger partial charge in [-0.3, -0.25) is 9.59 Å². The number of hydrogen-bond acceptors (Lipinski definition) is 10. The molecule has 176 valence electrons. The maximum atomic E-state index is 12.0. The molecule has 31 heavy (non-hydrogen) atoms. The van der Waals surface area contributed by atoms with Gasteiger partial charge in [-0.05, 0) is 27.7 Å². The van der Waals surface area contributed by atoms with Gasteiger partial charge in [-0.15, -0.1) is 0 Å². The normalized spacial score (nSPS) is 44.1. The molecule has 10 nitrogen and oxygen atoms in total. The van der Waals surface area contributed by atoms with Crippen LogP contribution in [0.15, 0.2) is 0 Å². The van der Waals surface area contributed by atoms with Crippen LogP contribution in [0.25, 0.3) is 0 Å². The van der Waals surface area contributed by atoms with Crippen LogP contribution in [0.1, 0.15) is 53.4 Å². The monoisotopic (exact) mass is 444 g/mol. The average molecular weight is 444 g/mol. The van der Waals surface area contributed by atoms with Gasteiger partial charge in [0.25, 0.3) is 0 Å². The summed E-state index contributed by atoms with van der Waals surface area (Å²) in [6.07, 6.45) is -0.783. The minimum Gasteiger partial charge on any atom is -0.462 e. The van der Waals surface area contributed by atoms with Crippen LogP contribution in [0, 0.1) is 0 Å². The van der Waals surface area contributed by atoms with Crippen LogP contribution in [0.3, 0.4) is 0 Å². The molecule has 0 amide bonds. The van der Waals surface area contributed by atoms with Crippen LogP contribution < -0.4 is 0 Å². The lowest BCUT2D eigenvalue weighted by molar-refractivity contribution is -0.187. The van der Waals surface area contributed by atoms with E-state index >= 15 is 0 Å². The minimum absolute atomic E-state index is 0.00197. The second-order valence-corrected chi connectivity index (χ2v) is 9.21. The second kappa shape index (κ2) is 8.57. The van der Waals surface area contributed by atoms with E-state index < -0.39 is 53.7 Å². The summed E-state index contributed by atoms with van der Waals surface area (Å²) < 4.78 is 46.8. The number of carbonyl (C=O) groups is 2. The molecule has 4 bridgehead atoms. The molecule has 0 saturated carbocycles. The fourth-order valence-electron chi connectivity index (χ4n) is 4.39. The number of rotatable bonds is 0. The maximum absolute atomic E-state index is 12.0. The van der Waals surface area contributed by atoms with E-state index in [2.05, 4.69) is 0 Å². The summed E-state index contributed by atoms with van der Waals surface area (Å²) in [7, 11) is 0. The van der Waals surface area contributed by atoms with E-state index in [9.17, 15) is 9.59 Å². The predicted octanol–water partition coefficient (Wildman–Crippen LogP) is 1.43. The highest BCUT2D eigenvalue weighted by Crippen LogP contribution is 2.41. The Hall–Kier alpha value is -1.30. The number of ether oxygens (including phenoxy) is 8. The molecule has 4 aliphatic rings. The van der Waals surface area contributed by atoms with Gasteiger partial charge < -0.3 is 37.9 Å². The molecule has 4 rings (SSSR count). The third-order valence-electron chi connectivity index (χ3n) is 5.98. The van der Waals surface area contributed by atoms with Gasteiger partial charge >= 0.3 is 11.9 Å². The summed E-state index contributed by atoms with van der Waals surface area (Å²) >= 11 is 0. The SMILES string of the molecule is CC1(C)OC2C3COC(C)(CCC(=O)OCCOC(=O)CCC4(C)OCC(O4)C2O1)O3. The fourth-order valence-corrected chi connectivity index (χ4v) is 4.39. The zero-order chi connectivity index (χ0) is 22.3. The summed E-state index contributed by atoms with van der Waals surface area (Å²) in [5.41, 5.74) is 0. The van der Waals surface area contributed by atoms with Gasteiger partial charge in [0.2, 0.25) is 0 Å². The van der Waals surface area contributed by atoms with Crippen LogP contribution in [-0.4, -0.2) is 80.1 Å². The molecular formula is C21H32O10. The molecule has 0 spiro atoms. The average Bonchev–Trinajstić information content (AvgIpc) is 3.37. The summed E-state index contributed by atoms with van der Waals surface area (Å²) in [4.78, 5) is 24.1. The van der Waals surface area contributed by atoms with Crippen molar-refractivity contribution in [3.05, 3.63) is 0 Å². The molecule has 6 unspecified atom stereocenters. The molecule has 0 aliphatic carbocycles. The molecule has 6 atom stereocenters. The fraction of sp³-hybridized carbons (Fsp3) is 0.905. The van der Waals surface area contributed by atoms with Crippen molar-refractivity contribution in [2.75, 3.05) is 26.4 Å². The van der Waals surface area contributed by atoms with Crippen LogP contribution in [0.4, 0.5) is 0 Å². The molecule has 0 aromatic rings. The van der Waals surface area contributed by atoms with Gasteiger partial charge in [0.1, 0.15) is 37.6 Å². The minimum atomic E-state index is -0.941. The highest BCUT2D eigenvalue weighted by molar-refractivity contribution is 5.70. The number of carbonyl (C=O) groups excluding carboxylic acids is 2. The molecule has 0 aromatic heterocycles. The van der Waals surface area contributed by atoms with Crippen molar-refractivity contribution in [3.63, 3.8) is 0 Å². The van der Waals surface area contributed by atoms with Gasteiger partial charge in [-0.25, -0.2) is 0 Å². The largest absolute Gasteiger partial charge is 0.462 e. The first kappa shape index (κ1) is 22.9. The lowest BCUT2D eigenvalue weighted by Gasteiger charge is -2.29. The Balaban J connectivity index is 1.52. The summed E-state index contributed by atoms with van der Waals surface area (Å²) in [6.45, 7) is 7.88. The van der Waals surface area contributed by atoms with E-state index in [1.54, 1.807) is 13.8 Å². The Morgan fingerprint density at radius 3 is 1.52 bits per heavy atom. The van der Waals surface area contributed by atoms with Crippen LogP contribution in [-0.2, 0) is 47.5 Å². The smallest absolute Gasteiger partial charge is 0.306 e.